The average molecular weight is 329 g/mol. The number of nitrogens with one attached hydrogen (secondary N) is 1. The standard InChI is InChI=1S/C16H15N3O5/c1-23-13-6-4-12(5-7-13)16(20)18-17-10-11-3-8-15(24-2)14(9-11)19(21)22/h3-10H,1-2H3,(H,18,20)/b17-10+. The maximum Gasteiger partial charge on any atom is 0.311 e. The molecule has 0 fully saturated rings. The molecule has 8 heteroatoms. The van der Waals surface area contributed by atoms with Crippen molar-refractivity contribution in [3.05, 3.63) is 63.7 Å². The Morgan fingerprint density at radius 3 is 2.46 bits per heavy atom. The van der Waals surface area contributed by atoms with Crippen molar-refractivity contribution in [3.63, 3.8) is 0 Å². The number of amides is 1. The molecule has 124 valence electrons. The van der Waals surface area contributed by atoms with Crippen molar-refractivity contribution in [3.8, 4) is 11.5 Å². The smallest absolute Gasteiger partial charge is 0.311 e. The number of nitro benzene ring substituents is 1. The number of nitro groups is 1. The molecule has 1 N–H and O–H groups in total. The van der Waals surface area contributed by atoms with Gasteiger partial charge >= 0.3 is 5.69 Å². The van der Waals surface area contributed by atoms with E-state index < -0.39 is 10.8 Å². The van der Waals surface area contributed by atoms with Gasteiger partial charge < -0.3 is 9.47 Å². The Labute approximate surface area is 137 Å². The van der Waals surface area contributed by atoms with Crippen LogP contribution in [0.1, 0.15) is 15.9 Å². The molecule has 0 spiro atoms. The Morgan fingerprint density at radius 1 is 1.17 bits per heavy atom. The van der Waals surface area contributed by atoms with Crippen molar-refractivity contribution in [2.24, 2.45) is 5.10 Å². The zero-order chi connectivity index (χ0) is 17.5. The molecule has 0 saturated heterocycles. The first-order chi connectivity index (χ1) is 11.5. The first-order valence-corrected chi connectivity index (χ1v) is 6.85. The predicted molar refractivity (Wildman–Crippen MR) is 87.7 cm³/mol. The van der Waals surface area contributed by atoms with Crippen LogP contribution in [0.4, 0.5) is 5.69 Å². The van der Waals surface area contributed by atoms with Crippen LogP contribution in [0.5, 0.6) is 11.5 Å². The number of benzene rings is 2. The van der Waals surface area contributed by atoms with E-state index in [1.807, 2.05) is 0 Å². The summed E-state index contributed by atoms with van der Waals surface area (Å²) in [6, 6.07) is 10.9. The van der Waals surface area contributed by atoms with Crippen molar-refractivity contribution < 1.29 is 19.2 Å². The van der Waals surface area contributed by atoms with Crippen molar-refractivity contribution in [1.29, 1.82) is 0 Å². The quantitative estimate of drug-likeness (QED) is 0.498. The van der Waals surface area contributed by atoms with E-state index in [-0.39, 0.29) is 11.4 Å². The third kappa shape index (κ3) is 4.07. The second-order valence-corrected chi connectivity index (χ2v) is 4.62. The molecule has 0 heterocycles. The van der Waals surface area contributed by atoms with Crippen LogP contribution in [0.25, 0.3) is 0 Å². The van der Waals surface area contributed by atoms with E-state index in [1.165, 1.54) is 32.6 Å². The minimum absolute atomic E-state index is 0.152. The SMILES string of the molecule is COc1ccc(C(=O)N/N=C/c2ccc(OC)c([N+](=O)[O-])c2)cc1. The van der Waals surface area contributed by atoms with Crippen LogP contribution in [0.2, 0.25) is 0 Å². The summed E-state index contributed by atoms with van der Waals surface area (Å²) in [6.45, 7) is 0. The van der Waals surface area contributed by atoms with Gasteiger partial charge in [0.2, 0.25) is 0 Å². The summed E-state index contributed by atoms with van der Waals surface area (Å²) in [5, 5.41) is 14.8. The molecule has 2 aromatic rings. The Morgan fingerprint density at radius 2 is 1.88 bits per heavy atom. The molecule has 8 nitrogen and oxygen atoms in total. The summed E-state index contributed by atoms with van der Waals surface area (Å²) in [5.74, 6) is 0.386. The van der Waals surface area contributed by atoms with Crippen molar-refractivity contribution in [2.45, 2.75) is 0 Å². The zero-order valence-electron chi connectivity index (χ0n) is 13.1. The highest BCUT2D eigenvalue weighted by molar-refractivity contribution is 5.95. The second kappa shape index (κ2) is 7.73. The van der Waals surface area contributed by atoms with Gasteiger partial charge in [-0.1, -0.05) is 0 Å². The molecule has 0 radical (unpaired) electrons. The third-order valence-electron chi connectivity index (χ3n) is 3.13. The monoisotopic (exact) mass is 329 g/mol. The van der Waals surface area contributed by atoms with E-state index in [4.69, 9.17) is 9.47 Å². The molecular weight excluding hydrogens is 314 g/mol. The van der Waals surface area contributed by atoms with Crippen molar-refractivity contribution in [1.82, 2.24) is 5.43 Å². The Balaban J connectivity index is 2.06. The maximum atomic E-state index is 11.9. The number of nitrogens with zero attached hydrogens (tertiary/aromatic N) is 2. The highest BCUT2D eigenvalue weighted by Crippen LogP contribution is 2.26. The summed E-state index contributed by atoms with van der Waals surface area (Å²) < 4.78 is 9.93. The Hall–Kier alpha value is -3.42. The first kappa shape index (κ1) is 16.9. The number of methoxy groups -OCH3 is 2. The number of hydrogen-bond donors (Lipinski definition) is 1. The third-order valence-corrected chi connectivity index (χ3v) is 3.13. The van der Waals surface area contributed by atoms with E-state index in [0.29, 0.717) is 16.9 Å². The second-order valence-electron chi connectivity index (χ2n) is 4.62. The van der Waals surface area contributed by atoms with Crippen LogP contribution in [-0.2, 0) is 0 Å². The van der Waals surface area contributed by atoms with Gasteiger partial charge in [-0.25, -0.2) is 5.43 Å². The average Bonchev–Trinajstić information content (AvgIpc) is 2.61. The molecule has 0 unspecified atom stereocenters. The van der Waals surface area contributed by atoms with E-state index in [9.17, 15) is 14.9 Å². The van der Waals surface area contributed by atoms with E-state index >= 15 is 0 Å². The fourth-order valence-corrected chi connectivity index (χ4v) is 1.90. The van der Waals surface area contributed by atoms with Gasteiger partial charge in [-0.05, 0) is 36.4 Å². The summed E-state index contributed by atoms with van der Waals surface area (Å²) in [7, 11) is 2.89. The Kier molecular flexibility index (Phi) is 5.45. The number of carbonyl (C=O) groups is 1. The fraction of sp³-hybridized carbons (Fsp3) is 0.125. The maximum absolute atomic E-state index is 11.9. The predicted octanol–water partition coefficient (Wildman–Crippen LogP) is 2.38. The molecule has 0 atom stereocenters. The van der Waals surface area contributed by atoms with Crippen LogP contribution in [0.3, 0.4) is 0 Å². The number of hydrazone groups is 1. The molecule has 0 aromatic heterocycles. The number of rotatable bonds is 6. The van der Waals surface area contributed by atoms with Crippen LogP contribution in [0, 0.1) is 10.1 Å². The molecule has 0 saturated carbocycles. The molecule has 0 aliphatic carbocycles. The lowest BCUT2D eigenvalue weighted by Gasteiger charge is -2.03. The van der Waals surface area contributed by atoms with Gasteiger partial charge in [0.25, 0.3) is 5.91 Å². The zero-order valence-corrected chi connectivity index (χ0v) is 13.1. The van der Waals surface area contributed by atoms with Crippen LogP contribution in [0.15, 0.2) is 47.6 Å². The molecule has 24 heavy (non-hydrogen) atoms. The minimum atomic E-state index is -0.549. The lowest BCUT2D eigenvalue weighted by molar-refractivity contribution is -0.385. The van der Waals surface area contributed by atoms with Gasteiger partial charge in [-0.3, -0.25) is 14.9 Å². The van der Waals surface area contributed by atoms with Crippen LogP contribution < -0.4 is 14.9 Å². The largest absolute Gasteiger partial charge is 0.497 e. The molecule has 0 aliphatic heterocycles. The lowest BCUT2D eigenvalue weighted by atomic mass is 10.2. The van der Waals surface area contributed by atoms with Gasteiger partial charge in [0.15, 0.2) is 5.75 Å². The summed E-state index contributed by atoms with van der Waals surface area (Å²) >= 11 is 0. The van der Waals surface area contributed by atoms with E-state index in [1.54, 1.807) is 30.3 Å². The lowest BCUT2D eigenvalue weighted by Crippen LogP contribution is -2.17. The van der Waals surface area contributed by atoms with Gasteiger partial charge in [-0.15, -0.1) is 0 Å². The number of hydrogen-bond acceptors (Lipinski definition) is 6. The number of carbonyl (C=O) groups excluding carboxylic acids is 1. The van der Waals surface area contributed by atoms with Gasteiger partial charge in [0.1, 0.15) is 5.75 Å². The van der Waals surface area contributed by atoms with E-state index in [0.717, 1.165) is 0 Å². The number of ether oxygens (including phenoxy) is 2. The van der Waals surface area contributed by atoms with Crippen LogP contribution in [-0.4, -0.2) is 31.3 Å². The van der Waals surface area contributed by atoms with Gasteiger partial charge in [0, 0.05) is 17.2 Å². The molecule has 2 aromatic carbocycles. The normalized spacial score (nSPS) is 10.4. The molecule has 1 amide bonds. The van der Waals surface area contributed by atoms with Crippen molar-refractivity contribution in [2.75, 3.05) is 14.2 Å². The fourth-order valence-electron chi connectivity index (χ4n) is 1.90. The summed E-state index contributed by atoms with van der Waals surface area (Å²) in [6.07, 6.45) is 1.31. The molecule has 2 rings (SSSR count). The van der Waals surface area contributed by atoms with Crippen LogP contribution >= 0.6 is 0 Å². The Bertz CT molecular complexity index is 772. The van der Waals surface area contributed by atoms with Gasteiger partial charge in [0.05, 0.1) is 25.4 Å². The highest BCUT2D eigenvalue weighted by atomic mass is 16.6. The van der Waals surface area contributed by atoms with E-state index in [2.05, 4.69) is 10.5 Å². The topological polar surface area (TPSA) is 103 Å². The highest BCUT2D eigenvalue weighted by Gasteiger charge is 2.14. The molecular formula is C16H15N3O5. The molecule has 0 bridgehead atoms. The van der Waals surface area contributed by atoms with Gasteiger partial charge in [-0.2, -0.15) is 5.10 Å². The molecule has 0 aliphatic rings. The minimum Gasteiger partial charge on any atom is -0.497 e. The first-order valence-electron chi connectivity index (χ1n) is 6.85. The summed E-state index contributed by atoms with van der Waals surface area (Å²) in [4.78, 5) is 22.3. The summed E-state index contributed by atoms with van der Waals surface area (Å²) in [5.41, 5.74) is 3.04. The van der Waals surface area contributed by atoms with Crippen molar-refractivity contribution >= 4 is 17.8 Å².